The summed E-state index contributed by atoms with van der Waals surface area (Å²) >= 11 is 0. The topological polar surface area (TPSA) is 118 Å². The molecule has 1 rings (SSSR count). The molecule has 0 aliphatic carbocycles. The van der Waals surface area contributed by atoms with Crippen LogP contribution in [0, 0.1) is 0 Å². The van der Waals surface area contributed by atoms with E-state index in [9.17, 15) is 15.3 Å². The quantitative estimate of drug-likeness (QED) is 0.360. The molecule has 0 radical (unpaired) electrons. The molecule has 0 aromatic carbocycles. The zero-order valence-corrected chi connectivity index (χ0v) is 10.8. The van der Waals surface area contributed by atoms with E-state index in [-0.39, 0.29) is 13.2 Å². The van der Waals surface area contributed by atoms with E-state index in [0.717, 1.165) is 0 Å². The summed E-state index contributed by atoms with van der Waals surface area (Å²) in [6, 6.07) is 0. The van der Waals surface area contributed by atoms with Crippen LogP contribution < -0.4 is 0 Å². The molecule has 1 fully saturated rings. The molecule has 0 amide bonds. The highest BCUT2D eigenvalue weighted by atomic mass is 16.7. The van der Waals surface area contributed by atoms with Gasteiger partial charge in [0.15, 0.2) is 6.29 Å². The van der Waals surface area contributed by atoms with Gasteiger partial charge in [-0.2, -0.15) is 0 Å². The van der Waals surface area contributed by atoms with Crippen molar-refractivity contribution in [1.29, 1.82) is 0 Å². The molecule has 1 aliphatic heterocycles. The molecule has 0 aromatic heterocycles. The summed E-state index contributed by atoms with van der Waals surface area (Å²) < 4.78 is 20.3. The number of rotatable bonds is 8. The van der Waals surface area contributed by atoms with Crippen LogP contribution in [0.2, 0.25) is 0 Å². The van der Waals surface area contributed by atoms with Gasteiger partial charge in [-0.15, -0.1) is 0 Å². The fourth-order valence-corrected chi connectivity index (χ4v) is 1.67. The minimum absolute atomic E-state index is 0.145. The van der Waals surface area contributed by atoms with Crippen LogP contribution in [-0.4, -0.2) is 91.3 Å². The first-order valence-electron chi connectivity index (χ1n) is 6.10. The first-order chi connectivity index (χ1) is 9.11. The van der Waals surface area contributed by atoms with Crippen molar-refractivity contribution >= 4 is 0 Å². The maximum atomic E-state index is 9.66. The molecule has 0 unspecified atom stereocenters. The summed E-state index contributed by atoms with van der Waals surface area (Å²) in [4.78, 5) is 0. The van der Waals surface area contributed by atoms with E-state index in [4.69, 9.17) is 24.1 Å². The Kier molecular flexibility index (Phi) is 7.73. The van der Waals surface area contributed by atoms with Crippen molar-refractivity contribution in [3.63, 3.8) is 0 Å². The number of ether oxygens (including phenoxy) is 4. The standard InChI is InChI=1S/C11H22O8/c1-16-2-3-17-4-5-18-11-10(15)9(14)8(13)7(6-12)19-11/h7-15H,2-6H2,1H3/t7-,8-,9+,10-,11-/m1/s1. The molecule has 114 valence electrons. The van der Waals surface area contributed by atoms with E-state index < -0.39 is 37.3 Å². The predicted molar refractivity (Wildman–Crippen MR) is 62.4 cm³/mol. The molecular formula is C11H22O8. The van der Waals surface area contributed by atoms with Gasteiger partial charge < -0.3 is 39.4 Å². The van der Waals surface area contributed by atoms with Gasteiger partial charge in [0.05, 0.1) is 33.0 Å². The van der Waals surface area contributed by atoms with E-state index in [0.29, 0.717) is 13.2 Å². The fraction of sp³-hybridized carbons (Fsp3) is 1.00. The van der Waals surface area contributed by atoms with Gasteiger partial charge >= 0.3 is 0 Å². The van der Waals surface area contributed by atoms with Crippen molar-refractivity contribution in [2.45, 2.75) is 30.7 Å². The number of hydrogen-bond acceptors (Lipinski definition) is 8. The van der Waals surface area contributed by atoms with Crippen LogP contribution in [0.15, 0.2) is 0 Å². The molecular weight excluding hydrogens is 260 g/mol. The van der Waals surface area contributed by atoms with Crippen LogP contribution in [0.3, 0.4) is 0 Å². The van der Waals surface area contributed by atoms with Gasteiger partial charge in [0, 0.05) is 7.11 Å². The summed E-state index contributed by atoms with van der Waals surface area (Å²) in [5, 5.41) is 37.7. The normalized spacial score (nSPS) is 35.5. The summed E-state index contributed by atoms with van der Waals surface area (Å²) in [6.07, 6.45) is -6.25. The Labute approximate surface area is 111 Å². The van der Waals surface area contributed by atoms with Gasteiger partial charge in [-0.1, -0.05) is 0 Å². The highest BCUT2D eigenvalue weighted by molar-refractivity contribution is 4.88. The Morgan fingerprint density at radius 1 is 0.947 bits per heavy atom. The minimum atomic E-state index is -1.43. The molecule has 8 nitrogen and oxygen atoms in total. The van der Waals surface area contributed by atoms with E-state index in [1.165, 1.54) is 0 Å². The summed E-state index contributed by atoms with van der Waals surface area (Å²) in [5.41, 5.74) is 0. The van der Waals surface area contributed by atoms with Crippen LogP contribution in [0.1, 0.15) is 0 Å². The molecule has 5 atom stereocenters. The third kappa shape index (κ3) is 4.93. The zero-order chi connectivity index (χ0) is 14.3. The maximum Gasteiger partial charge on any atom is 0.186 e. The summed E-state index contributed by atoms with van der Waals surface area (Å²) in [6.45, 7) is 0.842. The van der Waals surface area contributed by atoms with Gasteiger partial charge in [0.1, 0.15) is 24.4 Å². The van der Waals surface area contributed by atoms with Crippen LogP contribution in [0.25, 0.3) is 0 Å². The molecule has 1 heterocycles. The Hall–Kier alpha value is -0.320. The van der Waals surface area contributed by atoms with Crippen molar-refractivity contribution in [2.75, 3.05) is 40.1 Å². The fourth-order valence-electron chi connectivity index (χ4n) is 1.67. The van der Waals surface area contributed by atoms with Crippen LogP contribution >= 0.6 is 0 Å². The Morgan fingerprint density at radius 3 is 2.26 bits per heavy atom. The number of hydrogen-bond donors (Lipinski definition) is 4. The molecule has 19 heavy (non-hydrogen) atoms. The highest BCUT2D eigenvalue weighted by Crippen LogP contribution is 2.21. The minimum Gasteiger partial charge on any atom is -0.394 e. The molecule has 1 saturated heterocycles. The van der Waals surface area contributed by atoms with Gasteiger partial charge in [-0.3, -0.25) is 0 Å². The first kappa shape index (κ1) is 16.7. The third-order valence-electron chi connectivity index (χ3n) is 2.79. The summed E-state index contributed by atoms with van der Waals surface area (Å²) in [5.74, 6) is 0. The molecule has 1 aliphatic rings. The average molecular weight is 282 g/mol. The Balaban J connectivity index is 2.28. The smallest absolute Gasteiger partial charge is 0.186 e. The lowest BCUT2D eigenvalue weighted by molar-refractivity contribution is -0.302. The lowest BCUT2D eigenvalue weighted by Gasteiger charge is -2.39. The van der Waals surface area contributed by atoms with Crippen molar-refractivity contribution in [2.24, 2.45) is 0 Å². The number of aliphatic hydroxyl groups is 4. The Morgan fingerprint density at radius 2 is 1.63 bits per heavy atom. The monoisotopic (exact) mass is 282 g/mol. The van der Waals surface area contributed by atoms with E-state index in [2.05, 4.69) is 0 Å². The molecule has 0 aromatic rings. The largest absolute Gasteiger partial charge is 0.394 e. The molecule has 0 bridgehead atoms. The molecule has 4 N–H and O–H groups in total. The van der Waals surface area contributed by atoms with E-state index in [1.807, 2.05) is 0 Å². The van der Waals surface area contributed by atoms with Crippen molar-refractivity contribution < 1.29 is 39.4 Å². The lowest BCUT2D eigenvalue weighted by atomic mass is 9.99. The molecule has 0 spiro atoms. The first-order valence-corrected chi connectivity index (χ1v) is 6.10. The van der Waals surface area contributed by atoms with Crippen molar-refractivity contribution in [3.8, 4) is 0 Å². The maximum absolute atomic E-state index is 9.66. The van der Waals surface area contributed by atoms with Crippen LogP contribution in [-0.2, 0) is 18.9 Å². The average Bonchev–Trinajstić information content (AvgIpc) is 2.42. The SMILES string of the molecule is COCCOCCO[C@@H]1O[C@H](CO)[C@@H](O)[C@H](O)[C@H]1O. The lowest BCUT2D eigenvalue weighted by Crippen LogP contribution is -2.59. The Bertz CT molecular complexity index is 237. The second-order valence-electron chi connectivity index (χ2n) is 4.17. The van der Waals surface area contributed by atoms with Gasteiger partial charge in [-0.05, 0) is 0 Å². The van der Waals surface area contributed by atoms with E-state index in [1.54, 1.807) is 7.11 Å². The van der Waals surface area contributed by atoms with Crippen molar-refractivity contribution in [1.82, 2.24) is 0 Å². The predicted octanol–water partition coefficient (Wildman–Crippen LogP) is -2.53. The van der Waals surface area contributed by atoms with Gasteiger partial charge in [0.25, 0.3) is 0 Å². The number of methoxy groups -OCH3 is 1. The second-order valence-corrected chi connectivity index (χ2v) is 4.17. The zero-order valence-electron chi connectivity index (χ0n) is 10.8. The van der Waals surface area contributed by atoms with Gasteiger partial charge in [0.2, 0.25) is 0 Å². The summed E-state index contributed by atoms with van der Waals surface area (Å²) in [7, 11) is 1.56. The second kappa shape index (κ2) is 8.77. The third-order valence-corrected chi connectivity index (χ3v) is 2.79. The number of aliphatic hydroxyl groups excluding tert-OH is 4. The van der Waals surface area contributed by atoms with Crippen LogP contribution in [0.5, 0.6) is 0 Å². The molecule has 0 saturated carbocycles. The van der Waals surface area contributed by atoms with E-state index >= 15 is 0 Å². The van der Waals surface area contributed by atoms with Crippen LogP contribution in [0.4, 0.5) is 0 Å². The van der Waals surface area contributed by atoms with Crippen molar-refractivity contribution in [3.05, 3.63) is 0 Å². The highest BCUT2D eigenvalue weighted by Gasteiger charge is 2.43. The van der Waals surface area contributed by atoms with Gasteiger partial charge in [-0.25, -0.2) is 0 Å². The molecule has 8 heteroatoms.